The van der Waals surface area contributed by atoms with E-state index in [1.54, 1.807) is 7.11 Å². The molecule has 17 heavy (non-hydrogen) atoms. The van der Waals surface area contributed by atoms with E-state index in [9.17, 15) is 4.57 Å². The first-order valence-electron chi connectivity index (χ1n) is 6.05. The van der Waals surface area contributed by atoms with Gasteiger partial charge in [0.2, 0.25) is 0 Å². The zero-order chi connectivity index (χ0) is 12.0. The third-order valence-corrected chi connectivity index (χ3v) is 6.77. The molecule has 1 aliphatic heterocycles. The molecule has 0 bridgehead atoms. The fraction of sp³-hybridized carbons (Fsp3) is 0.429. The van der Waals surface area contributed by atoms with Crippen molar-refractivity contribution in [1.82, 2.24) is 0 Å². The zero-order valence-electron chi connectivity index (χ0n) is 10.3. The van der Waals surface area contributed by atoms with E-state index in [0.717, 1.165) is 24.8 Å². The predicted molar refractivity (Wildman–Crippen MR) is 71.5 cm³/mol. The minimum absolute atomic E-state index is 0.309. The number of rotatable bonds is 1. The quantitative estimate of drug-likeness (QED) is 0.712. The number of allylic oxidation sites excluding steroid dienone is 2. The van der Waals surface area contributed by atoms with E-state index in [0.29, 0.717) is 5.66 Å². The van der Waals surface area contributed by atoms with E-state index in [4.69, 9.17) is 4.74 Å². The van der Waals surface area contributed by atoms with Crippen LogP contribution in [0.25, 0.3) is 5.57 Å². The maximum absolute atomic E-state index is 12.4. The molecule has 0 fully saturated rings. The highest BCUT2D eigenvalue weighted by Gasteiger charge is 2.38. The molecule has 0 saturated heterocycles. The second-order valence-electron chi connectivity index (χ2n) is 5.09. The van der Waals surface area contributed by atoms with E-state index in [-0.39, 0.29) is 0 Å². The molecule has 0 amide bonds. The number of aryl methyl sites for hydroxylation is 1. The van der Waals surface area contributed by atoms with E-state index >= 15 is 0 Å². The fourth-order valence-electron chi connectivity index (χ4n) is 3.03. The van der Waals surface area contributed by atoms with Crippen molar-refractivity contribution in [1.29, 1.82) is 0 Å². The van der Waals surface area contributed by atoms with Gasteiger partial charge in [0.1, 0.15) is 5.75 Å². The minimum atomic E-state index is -1.97. The molecule has 2 nitrogen and oxygen atoms in total. The van der Waals surface area contributed by atoms with Crippen LogP contribution in [0.1, 0.15) is 17.5 Å². The van der Waals surface area contributed by atoms with Crippen LogP contribution in [0.2, 0.25) is 0 Å². The van der Waals surface area contributed by atoms with Gasteiger partial charge < -0.3 is 9.30 Å². The lowest BCUT2D eigenvalue weighted by Crippen LogP contribution is -2.15. The lowest BCUT2D eigenvalue weighted by Gasteiger charge is -2.27. The van der Waals surface area contributed by atoms with Crippen molar-refractivity contribution in [3.63, 3.8) is 0 Å². The molecule has 0 N–H and O–H groups in total. The first-order valence-corrected chi connectivity index (χ1v) is 8.46. The Labute approximate surface area is 102 Å². The lowest BCUT2D eigenvalue weighted by atomic mass is 9.87. The van der Waals surface area contributed by atoms with Crippen molar-refractivity contribution in [3.8, 4) is 5.75 Å². The molecule has 1 aromatic carbocycles. The van der Waals surface area contributed by atoms with Gasteiger partial charge in [0.05, 0.1) is 14.3 Å². The smallest absolute Gasteiger partial charge is 0.119 e. The summed E-state index contributed by atoms with van der Waals surface area (Å²) in [6, 6.07) is 6.24. The topological polar surface area (TPSA) is 26.3 Å². The molecule has 1 aliphatic carbocycles. The predicted octanol–water partition coefficient (Wildman–Crippen LogP) is 3.40. The normalized spacial score (nSPS) is 30.5. The molecule has 2 atom stereocenters. The largest absolute Gasteiger partial charge is 0.497 e. The molecule has 0 radical (unpaired) electrons. The van der Waals surface area contributed by atoms with Crippen LogP contribution in [-0.2, 0) is 11.0 Å². The van der Waals surface area contributed by atoms with Gasteiger partial charge in [0, 0.05) is 11.8 Å². The highest BCUT2D eigenvalue weighted by molar-refractivity contribution is 7.65. The Morgan fingerprint density at radius 3 is 3.00 bits per heavy atom. The van der Waals surface area contributed by atoms with Crippen LogP contribution in [0.4, 0.5) is 0 Å². The van der Waals surface area contributed by atoms with Crippen molar-refractivity contribution in [2.24, 2.45) is 0 Å². The number of benzene rings is 1. The highest BCUT2D eigenvalue weighted by Crippen LogP contribution is 2.60. The average Bonchev–Trinajstić information content (AvgIpc) is 2.65. The van der Waals surface area contributed by atoms with E-state index < -0.39 is 7.14 Å². The van der Waals surface area contributed by atoms with Crippen molar-refractivity contribution < 1.29 is 9.30 Å². The maximum atomic E-state index is 12.4. The molecule has 3 heteroatoms. The van der Waals surface area contributed by atoms with Crippen LogP contribution in [0.15, 0.2) is 24.3 Å². The van der Waals surface area contributed by atoms with Crippen LogP contribution in [0, 0.1) is 0 Å². The van der Waals surface area contributed by atoms with Crippen molar-refractivity contribution >= 4 is 12.7 Å². The zero-order valence-corrected chi connectivity index (χ0v) is 11.2. The summed E-state index contributed by atoms with van der Waals surface area (Å²) >= 11 is 0. The third kappa shape index (κ3) is 1.66. The standard InChI is InChI=1S/C14H17O2P/c1-16-11-4-5-12-10(9-11)3-6-14-13(12)7-8-17(14,2)15/h4-5,7,9,14H,3,6,8H2,1-2H3/t14-,17+/m1/s1. The number of fused-ring (bicyclic) bond motifs is 3. The monoisotopic (exact) mass is 248 g/mol. The minimum Gasteiger partial charge on any atom is -0.497 e. The molecule has 0 unspecified atom stereocenters. The Balaban J connectivity index is 2.07. The fourth-order valence-corrected chi connectivity index (χ4v) is 5.35. The molecule has 0 saturated carbocycles. The summed E-state index contributed by atoms with van der Waals surface area (Å²) in [4.78, 5) is 0. The van der Waals surface area contributed by atoms with Crippen LogP contribution in [-0.4, -0.2) is 25.6 Å². The molecule has 2 aliphatic rings. The first kappa shape index (κ1) is 11.1. The van der Waals surface area contributed by atoms with Crippen molar-refractivity contribution in [2.45, 2.75) is 18.5 Å². The van der Waals surface area contributed by atoms with Gasteiger partial charge in [0.25, 0.3) is 0 Å². The van der Waals surface area contributed by atoms with Gasteiger partial charge in [0.15, 0.2) is 0 Å². The Morgan fingerprint density at radius 2 is 2.24 bits per heavy atom. The maximum Gasteiger partial charge on any atom is 0.119 e. The number of hydrogen-bond donors (Lipinski definition) is 0. The van der Waals surface area contributed by atoms with Gasteiger partial charge in [-0.25, -0.2) is 0 Å². The molecule has 0 spiro atoms. The molecular formula is C14H17O2P. The van der Waals surface area contributed by atoms with E-state index in [1.165, 1.54) is 16.7 Å². The summed E-state index contributed by atoms with van der Waals surface area (Å²) in [5, 5.41) is 0. The van der Waals surface area contributed by atoms with E-state index in [2.05, 4.69) is 18.2 Å². The summed E-state index contributed by atoms with van der Waals surface area (Å²) < 4.78 is 17.7. The molecular weight excluding hydrogens is 231 g/mol. The van der Waals surface area contributed by atoms with Gasteiger partial charge in [-0.05, 0) is 48.3 Å². The van der Waals surface area contributed by atoms with Crippen LogP contribution in [0.5, 0.6) is 5.75 Å². The van der Waals surface area contributed by atoms with E-state index in [1.807, 2.05) is 12.7 Å². The Hall–Kier alpha value is -1.01. The number of ether oxygens (including phenoxy) is 1. The molecule has 3 rings (SSSR count). The van der Waals surface area contributed by atoms with Crippen LogP contribution in [0.3, 0.4) is 0 Å². The number of hydrogen-bond acceptors (Lipinski definition) is 2. The Morgan fingerprint density at radius 1 is 1.41 bits per heavy atom. The summed E-state index contributed by atoms with van der Waals surface area (Å²) in [6.45, 7) is 1.95. The average molecular weight is 248 g/mol. The van der Waals surface area contributed by atoms with Gasteiger partial charge in [-0.2, -0.15) is 0 Å². The number of methoxy groups -OCH3 is 1. The van der Waals surface area contributed by atoms with Gasteiger partial charge in [-0.15, -0.1) is 0 Å². The van der Waals surface area contributed by atoms with Crippen LogP contribution < -0.4 is 4.74 Å². The SMILES string of the molecule is COc1ccc2c(c1)CC[C@@H]1C2=CC[P@]1(C)=O. The molecule has 90 valence electrons. The third-order valence-electron chi connectivity index (χ3n) is 4.00. The molecule has 0 aromatic heterocycles. The Kier molecular flexibility index (Phi) is 2.45. The highest BCUT2D eigenvalue weighted by atomic mass is 31.2. The van der Waals surface area contributed by atoms with Gasteiger partial charge in [-0.3, -0.25) is 0 Å². The summed E-state index contributed by atoms with van der Waals surface area (Å²) in [6.07, 6.45) is 5.01. The molecule has 1 heterocycles. The molecule has 1 aromatic rings. The van der Waals surface area contributed by atoms with Gasteiger partial charge >= 0.3 is 0 Å². The summed E-state index contributed by atoms with van der Waals surface area (Å²) in [5.41, 5.74) is 4.26. The summed E-state index contributed by atoms with van der Waals surface area (Å²) in [7, 11) is -0.276. The first-order chi connectivity index (χ1) is 8.12. The van der Waals surface area contributed by atoms with Crippen LogP contribution >= 0.6 is 7.14 Å². The lowest BCUT2D eigenvalue weighted by molar-refractivity contribution is 0.414. The second kappa shape index (κ2) is 3.74. The van der Waals surface area contributed by atoms with Crippen molar-refractivity contribution in [3.05, 3.63) is 35.4 Å². The summed E-state index contributed by atoms with van der Waals surface area (Å²) in [5.74, 6) is 0.917. The van der Waals surface area contributed by atoms with Gasteiger partial charge in [-0.1, -0.05) is 12.1 Å². The van der Waals surface area contributed by atoms with Crippen molar-refractivity contribution in [2.75, 3.05) is 19.9 Å². The second-order valence-corrected chi connectivity index (χ2v) is 8.43. The Bertz CT molecular complexity index is 545.